The van der Waals surface area contributed by atoms with Crippen LogP contribution in [0.3, 0.4) is 0 Å². The molecule has 0 radical (unpaired) electrons. The van der Waals surface area contributed by atoms with Crippen LogP contribution in [-0.2, 0) is 22.7 Å². The Morgan fingerprint density at radius 2 is 2.04 bits per heavy atom. The van der Waals surface area contributed by atoms with Gasteiger partial charge < -0.3 is 10.4 Å². The number of carboxylic acids is 1. The van der Waals surface area contributed by atoms with Crippen molar-refractivity contribution in [2.45, 2.75) is 53.1 Å². The molecule has 0 saturated carbocycles. The number of rotatable bonds is 7. The van der Waals surface area contributed by atoms with Crippen LogP contribution in [0, 0.1) is 5.41 Å². The summed E-state index contributed by atoms with van der Waals surface area (Å²) in [7, 11) is 0. The van der Waals surface area contributed by atoms with Crippen LogP contribution in [0.25, 0.3) is 0 Å². The average molecular weight is 318 g/mol. The first kappa shape index (κ1) is 17.5. The third kappa shape index (κ3) is 4.32. The Labute approximate surface area is 137 Å². The number of nitrogens with one attached hydrogen (secondary N) is 1. The number of hydrogen-bond donors (Lipinski definition) is 2. The Kier molecular flexibility index (Phi) is 5.42. The van der Waals surface area contributed by atoms with Gasteiger partial charge in [-0.15, -0.1) is 0 Å². The molecule has 0 aromatic heterocycles. The molecular formula is C18H26N2O3. The summed E-state index contributed by atoms with van der Waals surface area (Å²) < 4.78 is 0. The number of amides is 1. The number of aliphatic carboxylic acids is 1. The maximum absolute atomic E-state index is 12.2. The van der Waals surface area contributed by atoms with Gasteiger partial charge in [-0.05, 0) is 44.0 Å². The van der Waals surface area contributed by atoms with Crippen LogP contribution in [0.1, 0.15) is 51.2 Å². The monoisotopic (exact) mass is 318 g/mol. The Morgan fingerprint density at radius 1 is 1.30 bits per heavy atom. The lowest BCUT2D eigenvalue weighted by atomic mass is 9.89. The normalized spacial score (nSPS) is 14.6. The van der Waals surface area contributed by atoms with Gasteiger partial charge in [0.1, 0.15) is 0 Å². The Hall–Kier alpha value is -1.88. The molecule has 1 aromatic rings. The summed E-state index contributed by atoms with van der Waals surface area (Å²) in [6, 6.07) is 5.94. The second-order valence-corrected chi connectivity index (χ2v) is 6.92. The second-order valence-electron chi connectivity index (χ2n) is 6.92. The van der Waals surface area contributed by atoms with E-state index in [0.717, 1.165) is 30.9 Å². The Bertz CT molecular complexity index is 596. The van der Waals surface area contributed by atoms with E-state index in [1.807, 2.05) is 12.1 Å². The van der Waals surface area contributed by atoms with Crippen molar-refractivity contribution in [3.63, 3.8) is 0 Å². The highest BCUT2D eigenvalue weighted by Gasteiger charge is 2.30. The first-order valence-electron chi connectivity index (χ1n) is 8.20. The minimum atomic E-state index is -1.06. The lowest BCUT2D eigenvalue weighted by molar-refractivity contribution is -0.148. The van der Waals surface area contributed by atoms with E-state index in [9.17, 15) is 9.59 Å². The Balaban J connectivity index is 2.05. The fourth-order valence-electron chi connectivity index (χ4n) is 2.82. The predicted molar refractivity (Wildman–Crippen MR) is 90.1 cm³/mol. The van der Waals surface area contributed by atoms with Crippen molar-refractivity contribution in [2.75, 3.05) is 11.9 Å². The number of unbranched alkanes of at least 4 members (excludes halogenated alkanes) is 1. The van der Waals surface area contributed by atoms with Crippen molar-refractivity contribution in [1.82, 2.24) is 4.90 Å². The van der Waals surface area contributed by atoms with Gasteiger partial charge in [0.05, 0.1) is 5.41 Å². The van der Waals surface area contributed by atoms with Crippen molar-refractivity contribution < 1.29 is 14.7 Å². The molecule has 0 saturated heterocycles. The first-order valence-corrected chi connectivity index (χ1v) is 8.20. The van der Waals surface area contributed by atoms with Crippen LogP contribution < -0.4 is 5.32 Å². The van der Waals surface area contributed by atoms with Crippen LogP contribution in [-0.4, -0.2) is 28.4 Å². The minimum Gasteiger partial charge on any atom is -0.481 e. The molecule has 0 atom stereocenters. The van der Waals surface area contributed by atoms with Crippen molar-refractivity contribution >= 4 is 17.6 Å². The van der Waals surface area contributed by atoms with E-state index in [1.165, 1.54) is 18.4 Å². The summed E-state index contributed by atoms with van der Waals surface area (Å²) in [5.74, 6) is -1.21. The van der Waals surface area contributed by atoms with Gasteiger partial charge in [-0.3, -0.25) is 14.5 Å². The highest BCUT2D eigenvalue weighted by molar-refractivity contribution is 5.94. The van der Waals surface area contributed by atoms with Crippen molar-refractivity contribution in [2.24, 2.45) is 5.41 Å². The molecule has 5 nitrogen and oxygen atoms in total. The van der Waals surface area contributed by atoms with Gasteiger partial charge in [0.2, 0.25) is 5.91 Å². The molecule has 126 valence electrons. The molecule has 0 unspecified atom stereocenters. The molecule has 1 aliphatic rings. The quantitative estimate of drug-likeness (QED) is 0.810. The standard InChI is InChI=1S/C18H26N2O3/c1-4-5-9-20-11-13-7-6-8-15(14(13)12-20)19-16(21)10-18(2,3)17(22)23/h6-8H,4-5,9-12H2,1-3H3,(H,19,21)(H,22,23). The lowest BCUT2D eigenvalue weighted by Crippen LogP contribution is -2.29. The van der Waals surface area contributed by atoms with E-state index < -0.39 is 11.4 Å². The molecule has 23 heavy (non-hydrogen) atoms. The number of hydrogen-bond acceptors (Lipinski definition) is 3. The average Bonchev–Trinajstić information content (AvgIpc) is 2.88. The molecule has 0 bridgehead atoms. The van der Waals surface area contributed by atoms with Crippen molar-refractivity contribution in [3.05, 3.63) is 29.3 Å². The SMILES string of the molecule is CCCCN1Cc2cccc(NC(=O)CC(C)(C)C(=O)O)c2C1. The number of carbonyl (C=O) groups excluding carboxylic acids is 1. The molecule has 1 aromatic carbocycles. The van der Waals surface area contributed by atoms with E-state index in [2.05, 4.69) is 23.2 Å². The number of nitrogens with zero attached hydrogens (tertiary/aromatic N) is 1. The van der Waals surface area contributed by atoms with Gasteiger partial charge in [-0.2, -0.15) is 0 Å². The maximum Gasteiger partial charge on any atom is 0.309 e. The summed E-state index contributed by atoms with van der Waals surface area (Å²) in [6.07, 6.45) is 2.30. The number of benzene rings is 1. The molecule has 0 fully saturated rings. The molecule has 1 aliphatic heterocycles. The van der Waals surface area contributed by atoms with Gasteiger partial charge in [0.25, 0.3) is 0 Å². The highest BCUT2D eigenvalue weighted by Crippen LogP contribution is 2.30. The molecular weight excluding hydrogens is 292 g/mol. The molecule has 2 N–H and O–H groups in total. The predicted octanol–water partition coefficient (Wildman–Crippen LogP) is 3.24. The smallest absolute Gasteiger partial charge is 0.309 e. The van der Waals surface area contributed by atoms with Gasteiger partial charge in [-0.25, -0.2) is 0 Å². The van der Waals surface area contributed by atoms with Crippen LogP contribution >= 0.6 is 0 Å². The zero-order valence-electron chi connectivity index (χ0n) is 14.2. The topological polar surface area (TPSA) is 69.6 Å². The zero-order chi connectivity index (χ0) is 17.0. The van der Waals surface area contributed by atoms with Crippen molar-refractivity contribution in [1.29, 1.82) is 0 Å². The molecule has 0 spiro atoms. The largest absolute Gasteiger partial charge is 0.481 e. The summed E-state index contributed by atoms with van der Waals surface area (Å²) in [6.45, 7) is 8.13. The number of fused-ring (bicyclic) bond motifs is 1. The van der Waals surface area contributed by atoms with E-state index in [-0.39, 0.29) is 12.3 Å². The van der Waals surface area contributed by atoms with Crippen LogP contribution in [0.5, 0.6) is 0 Å². The van der Waals surface area contributed by atoms with E-state index in [0.29, 0.717) is 0 Å². The van der Waals surface area contributed by atoms with Crippen LogP contribution in [0.4, 0.5) is 5.69 Å². The van der Waals surface area contributed by atoms with Gasteiger partial charge in [-0.1, -0.05) is 25.5 Å². The molecule has 1 amide bonds. The van der Waals surface area contributed by atoms with Gasteiger partial charge in [0.15, 0.2) is 0 Å². The number of anilines is 1. The highest BCUT2D eigenvalue weighted by atomic mass is 16.4. The van der Waals surface area contributed by atoms with Crippen LogP contribution in [0.2, 0.25) is 0 Å². The summed E-state index contributed by atoms with van der Waals surface area (Å²) in [5, 5.41) is 12.0. The fourth-order valence-corrected chi connectivity index (χ4v) is 2.82. The summed E-state index contributed by atoms with van der Waals surface area (Å²) >= 11 is 0. The number of carbonyl (C=O) groups is 2. The molecule has 1 heterocycles. The summed E-state index contributed by atoms with van der Waals surface area (Å²) in [5.41, 5.74) is 2.16. The molecule has 2 rings (SSSR count). The van der Waals surface area contributed by atoms with Crippen LogP contribution in [0.15, 0.2) is 18.2 Å². The lowest BCUT2D eigenvalue weighted by Gasteiger charge is -2.19. The fraction of sp³-hybridized carbons (Fsp3) is 0.556. The first-order chi connectivity index (χ1) is 10.8. The summed E-state index contributed by atoms with van der Waals surface area (Å²) in [4.78, 5) is 25.7. The van der Waals surface area contributed by atoms with E-state index in [4.69, 9.17) is 5.11 Å². The molecule has 0 aliphatic carbocycles. The Morgan fingerprint density at radius 3 is 2.70 bits per heavy atom. The maximum atomic E-state index is 12.2. The van der Waals surface area contributed by atoms with Gasteiger partial charge >= 0.3 is 5.97 Å². The minimum absolute atomic E-state index is 0.0362. The van der Waals surface area contributed by atoms with E-state index >= 15 is 0 Å². The number of carboxylic acid groups (broad SMARTS) is 1. The molecule has 5 heteroatoms. The van der Waals surface area contributed by atoms with Gasteiger partial charge in [0, 0.05) is 25.2 Å². The van der Waals surface area contributed by atoms with E-state index in [1.54, 1.807) is 13.8 Å². The zero-order valence-corrected chi connectivity index (χ0v) is 14.2. The second kappa shape index (κ2) is 7.13. The third-order valence-corrected chi connectivity index (χ3v) is 4.33. The third-order valence-electron chi connectivity index (χ3n) is 4.33. The van der Waals surface area contributed by atoms with Crippen molar-refractivity contribution in [3.8, 4) is 0 Å².